The maximum absolute atomic E-state index is 13.6. The minimum Gasteiger partial charge on any atom is -0.283 e. The van der Waals surface area contributed by atoms with E-state index in [9.17, 15) is 4.79 Å². The van der Waals surface area contributed by atoms with Crippen molar-refractivity contribution >= 4 is 43.4 Å². The molecule has 0 atom stereocenters. The number of aromatic nitrogens is 2. The van der Waals surface area contributed by atoms with Crippen molar-refractivity contribution in [2.75, 3.05) is 0 Å². The number of hydrogen-bond acceptors (Lipinski definition) is 4. The topological polar surface area (TPSA) is 34.9 Å². The fourth-order valence-electron chi connectivity index (χ4n) is 4.31. The third kappa shape index (κ3) is 3.51. The number of benzene rings is 2. The summed E-state index contributed by atoms with van der Waals surface area (Å²) in [6.45, 7) is 2.15. The highest BCUT2D eigenvalue weighted by molar-refractivity contribution is 7.98. The lowest BCUT2D eigenvalue weighted by Gasteiger charge is -2.26. The van der Waals surface area contributed by atoms with Crippen LogP contribution in [0.1, 0.15) is 49.3 Å². The monoisotopic (exact) mass is 420 g/mol. The molecule has 5 heteroatoms. The van der Waals surface area contributed by atoms with Gasteiger partial charge in [-0.2, -0.15) is 0 Å². The summed E-state index contributed by atoms with van der Waals surface area (Å²) in [6, 6.07) is 17.0. The van der Waals surface area contributed by atoms with E-state index in [1.165, 1.54) is 30.4 Å². The van der Waals surface area contributed by atoms with Crippen molar-refractivity contribution < 1.29 is 0 Å². The van der Waals surface area contributed by atoms with Crippen molar-refractivity contribution in [1.29, 1.82) is 0 Å². The van der Waals surface area contributed by atoms with E-state index in [1.54, 1.807) is 23.1 Å². The van der Waals surface area contributed by atoms with Crippen LogP contribution in [0.5, 0.6) is 0 Å². The van der Waals surface area contributed by atoms with Crippen LogP contribution in [-0.4, -0.2) is 9.55 Å². The Morgan fingerprint density at radius 1 is 1.07 bits per heavy atom. The molecule has 1 fully saturated rings. The Labute approximate surface area is 178 Å². The lowest BCUT2D eigenvalue weighted by Crippen LogP contribution is -2.28. The van der Waals surface area contributed by atoms with E-state index in [2.05, 4.69) is 43.3 Å². The molecule has 0 bridgehead atoms. The highest BCUT2D eigenvalue weighted by Gasteiger charge is 2.23. The predicted molar refractivity (Wildman–Crippen MR) is 124 cm³/mol. The summed E-state index contributed by atoms with van der Waals surface area (Å²) < 4.78 is 3.97. The quantitative estimate of drug-likeness (QED) is 0.272. The molecule has 1 saturated carbocycles. The summed E-state index contributed by atoms with van der Waals surface area (Å²) in [5.74, 6) is 0.833. The number of hydrogen-bond donors (Lipinski definition) is 0. The van der Waals surface area contributed by atoms with Gasteiger partial charge in [-0.25, -0.2) is 4.98 Å². The predicted octanol–water partition coefficient (Wildman–Crippen LogP) is 6.72. The molecular formula is C24H24N2OS2. The second kappa shape index (κ2) is 7.96. The summed E-state index contributed by atoms with van der Waals surface area (Å²) in [4.78, 5) is 18.7. The summed E-state index contributed by atoms with van der Waals surface area (Å²) in [6.07, 6.45) is 5.83. The van der Waals surface area contributed by atoms with E-state index in [4.69, 9.17) is 4.98 Å². The molecule has 2 aromatic heterocycles. The average molecular weight is 421 g/mol. The zero-order valence-electron chi connectivity index (χ0n) is 16.6. The molecule has 2 heterocycles. The van der Waals surface area contributed by atoms with Crippen LogP contribution in [-0.2, 0) is 5.75 Å². The Balaban J connectivity index is 1.65. The first-order valence-electron chi connectivity index (χ1n) is 10.3. The Bertz CT molecular complexity index is 1230. The molecule has 0 N–H and O–H groups in total. The Morgan fingerprint density at radius 2 is 1.83 bits per heavy atom. The first-order chi connectivity index (χ1) is 14.2. The van der Waals surface area contributed by atoms with Gasteiger partial charge in [0.1, 0.15) is 4.70 Å². The van der Waals surface area contributed by atoms with Gasteiger partial charge in [0.15, 0.2) is 5.16 Å². The van der Waals surface area contributed by atoms with E-state index in [0.717, 1.165) is 44.1 Å². The Kier molecular flexibility index (Phi) is 5.18. The molecule has 0 unspecified atom stereocenters. The molecule has 0 aliphatic heterocycles. The zero-order valence-corrected chi connectivity index (χ0v) is 18.2. The third-order valence-electron chi connectivity index (χ3n) is 5.95. The van der Waals surface area contributed by atoms with Gasteiger partial charge in [-0.05, 0) is 37.0 Å². The fraction of sp³-hybridized carbons (Fsp3) is 0.333. The molecule has 148 valence electrons. The minimum absolute atomic E-state index is 0.149. The van der Waals surface area contributed by atoms with Gasteiger partial charge in [0.05, 0.1) is 5.52 Å². The summed E-state index contributed by atoms with van der Waals surface area (Å²) >= 11 is 3.29. The summed E-state index contributed by atoms with van der Waals surface area (Å²) in [5.41, 5.74) is 3.61. The molecule has 0 amide bonds. The van der Waals surface area contributed by atoms with Gasteiger partial charge >= 0.3 is 0 Å². The molecule has 0 radical (unpaired) electrons. The second-order valence-corrected chi connectivity index (χ2v) is 9.85. The molecule has 1 aliphatic rings. The van der Waals surface area contributed by atoms with Gasteiger partial charge in [0, 0.05) is 21.9 Å². The number of thioether (sulfide) groups is 1. The van der Waals surface area contributed by atoms with Crippen LogP contribution in [0.4, 0.5) is 0 Å². The smallest absolute Gasteiger partial charge is 0.272 e. The van der Waals surface area contributed by atoms with Crippen molar-refractivity contribution in [1.82, 2.24) is 9.55 Å². The van der Waals surface area contributed by atoms with Gasteiger partial charge in [-0.15, -0.1) is 11.3 Å². The zero-order chi connectivity index (χ0) is 19.8. The Morgan fingerprint density at radius 3 is 2.66 bits per heavy atom. The standard InChI is InChI=1S/C24H24N2OS2/c1-16-9-5-6-10-17(16)15-28-24-25-21-19-13-7-8-14-20(19)29-22(21)23(27)26(24)18-11-3-2-4-12-18/h5-10,13-14,18H,2-4,11-12,15H2,1H3. The minimum atomic E-state index is 0.149. The highest BCUT2D eigenvalue weighted by atomic mass is 32.2. The van der Waals surface area contributed by atoms with Gasteiger partial charge < -0.3 is 0 Å². The van der Waals surface area contributed by atoms with Gasteiger partial charge in [0.25, 0.3) is 5.56 Å². The van der Waals surface area contributed by atoms with Crippen molar-refractivity contribution in [2.45, 2.75) is 56.0 Å². The van der Waals surface area contributed by atoms with Crippen molar-refractivity contribution in [2.24, 2.45) is 0 Å². The van der Waals surface area contributed by atoms with E-state index in [1.807, 2.05) is 16.7 Å². The molecule has 0 spiro atoms. The summed E-state index contributed by atoms with van der Waals surface area (Å²) in [5, 5.41) is 1.97. The van der Waals surface area contributed by atoms with Gasteiger partial charge in [-0.1, -0.05) is 73.5 Å². The second-order valence-electron chi connectivity index (χ2n) is 7.85. The van der Waals surface area contributed by atoms with Crippen LogP contribution in [0.3, 0.4) is 0 Å². The molecule has 4 aromatic rings. The SMILES string of the molecule is Cc1ccccc1CSc1nc2c(sc3ccccc32)c(=O)n1C1CCCCC1. The first kappa shape index (κ1) is 18.9. The molecule has 5 rings (SSSR count). The number of fused-ring (bicyclic) bond motifs is 3. The number of thiophene rings is 1. The average Bonchev–Trinajstić information content (AvgIpc) is 3.13. The molecule has 1 aliphatic carbocycles. The van der Waals surface area contributed by atoms with Gasteiger partial charge in [0.2, 0.25) is 0 Å². The largest absolute Gasteiger partial charge is 0.283 e. The molecule has 29 heavy (non-hydrogen) atoms. The maximum Gasteiger partial charge on any atom is 0.272 e. The van der Waals surface area contributed by atoms with Crippen LogP contribution in [0.25, 0.3) is 20.3 Å². The molecular weight excluding hydrogens is 396 g/mol. The lowest BCUT2D eigenvalue weighted by molar-refractivity contribution is 0.326. The Hall–Kier alpha value is -2.11. The van der Waals surface area contributed by atoms with E-state index < -0.39 is 0 Å². The highest BCUT2D eigenvalue weighted by Crippen LogP contribution is 2.36. The van der Waals surface area contributed by atoms with Crippen LogP contribution in [0.15, 0.2) is 58.5 Å². The third-order valence-corrected chi connectivity index (χ3v) is 8.10. The van der Waals surface area contributed by atoms with Crippen molar-refractivity contribution in [3.8, 4) is 0 Å². The normalized spacial score (nSPS) is 15.3. The van der Waals surface area contributed by atoms with E-state index >= 15 is 0 Å². The number of rotatable bonds is 4. The van der Waals surface area contributed by atoms with Crippen LogP contribution in [0.2, 0.25) is 0 Å². The lowest BCUT2D eigenvalue weighted by atomic mass is 9.95. The summed E-state index contributed by atoms with van der Waals surface area (Å²) in [7, 11) is 0. The molecule has 2 aromatic carbocycles. The number of nitrogens with zero attached hydrogens (tertiary/aromatic N) is 2. The van der Waals surface area contributed by atoms with Crippen LogP contribution >= 0.6 is 23.1 Å². The van der Waals surface area contributed by atoms with Crippen LogP contribution < -0.4 is 5.56 Å². The van der Waals surface area contributed by atoms with Crippen molar-refractivity contribution in [3.05, 3.63) is 70.0 Å². The van der Waals surface area contributed by atoms with Gasteiger partial charge in [-0.3, -0.25) is 9.36 Å². The molecule has 3 nitrogen and oxygen atoms in total. The number of aryl methyl sites for hydroxylation is 1. The molecule has 0 saturated heterocycles. The first-order valence-corrected chi connectivity index (χ1v) is 12.1. The maximum atomic E-state index is 13.6. The fourth-order valence-corrected chi connectivity index (χ4v) is 6.53. The van der Waals surface area contributed by atoms with E-state index in [-0.39, 0.29) is 11.6 Å². The van der Waals surface area contributed by atoms with Crippen LogP contribution in [0, 0.1) is 6.92 Å². The van der Waals surface area contributed by atoms with E-state index in [0.29, 0.717) is 0 Å². The van der Waals surface area contributed by atoms with Crippen molar-refractivity contribution in [3.63, 3.8) is 0 Å².